The standard InChI is InChI=1S/C11H21N3O/c1-8(2)10-9(3)12-14(11(10)15)7-6-13(4)5/h8,12H,6-7H2,1-5H3. The fourth-order valence-electron chi connectivity index (χ4n) is 1.76. The summed E-state index contributed by atoms with van der Waals surface area (Å²) in [5.41, 5.74) is 2.03. The van der Waals surface area contributed by atoms with E-state index in [1.807, 2.05) is 34.9 Å². The lowest BCUT2D eigenvalue weighted by Gasteiger charge is -2.08. The minimum atomic E-state index is 0.129. The highest BCUT2D eigenvalue weighted by Gasteiger charge is 2.13. The topological polar surface area (TPSA) is 41.0 Å². The summed E-state index contributed by atoms with van der Waals surface area (Å²) in [5, 5.41) is 3.13. The van der Waals surface area contributed by atoms with Crippen LogP contribution in [0.4, 0.5) is 0 Å². The van der Waals surface area contributed by atoms with Crippen LogP contribution >= 0.6 is 0 Å². The maximum Gasteiger partial charge on any atom is 0.270 e. The van der Waals surface area contributed by atoms with Crippen LogP contribution in [0.3, 0.4) is 0 Å². The Morgan fingerprint density at radius 1 is 1.40 bits per heavy atom. The van der Waals surface area contributed by atoms with Gasteiger partial charge in [-0.1, -0.05) is 13.8 Å². The van der Waals surface area contributed by atoms with Crippen LogP contribution in [-0.4, -0.2) is 35.3 Å². The summed E-state index contributed by atoms with van der Waals surface area (Å²) in [6, 6.07) is 0. The second-order valence-corrected chi connectivity index (χ2v) is 4.57. The zero-order chi connectivity index (χ0) is 11.6. The molecule has 0 aliphatic heterocycles. The van der Waals surface area contributed by atoms with Gasteiger partial charge in [-0.15, -0.1) is 0 Å². The summed E-state index contributed by atoms with van der Waals surface area (Å²) >= 11 is 0. The molecule has 0 saturated heterocycles. The Morgan fingerprint density at radius 2 is 2.00 bits per heavy atom. The average Bonchev–Trinajstić information content (AvgIpc) is 2.37. The second-order valence-electron chi connectivity index (χ2n) is 4.57. The van der Waals surface area contributed by atoms with Crippen LogP contribution in [0.2, 0.25) is 0 Å². The third-order valence-electron chi connectivity index (χ3n) is 2.53. The van der Waals surface area contributed by atoms with Crippen molar-refractivity contribution in [3.05, 3.63) is 21.6 Å². The van der Waals surface area contributed by atoms with E-state index in [-0.39, 0.29) is 11.5 Å². The molecule has 1 aromatic rings. The van der Waals surface area contributed by atoms with Gasteiger partial charge in [0, 0.05) is 17.8 Å². The molecule has 0 amide bonds. The van der Waals surface area contributed by atoms with Gasteiger partial charge < -0.3 is 4.90 Å². The predicted octanol–water partition coefficient (Wildman–Crippen LogP) is 1.17. The lowest BCUT2D eigenvalue weighted by atomic mass is 10.1. The molecule has 0 unspecified atom stereocenters. The maximum atomic E-state index is 12.0. The van der Waals surface area contributed by atoms with Gasteiger partial charge in [-0.3, -0.25) is 14.6 Å². The lowest BCUT2D eigenvalue weighted by molar-refractivity contribution is 0.369. The van der Waals surface area contributed by atoms with E-state index in [2.05, 4.69) is 10.00 Å². The largest absolute Gasteiger partial charge is 0.308 e. The van der Waals surface area contributed by atoms with Crippen molar-refractivity contribution in [1.29, 1.82) is 0 Å². The number of rotatable bonds is 4. The molecule has 15 heavy (non-hydrogen) atoms. The molecule has 0 saturated carbocycles. The normalized spacial score (nSPS) is 11.7. The van der Waals surface area contributed by atoms with E-state index in [0.717, 1.165) is 24.3 Å². The number of nitrogens with one attached hydrogen (secondary N) is 1. The van der Waals surface area contributed by atoms with Crippen LogP contribution in [-0.2, 0) is 6.54 Å². The first-order valence-corrected chi connectivity index (χ1v) is 5.37. The van der Waals surface area contributed by atoms with Crippen molar-refractivity contribution in [2.24, 2.45) is 0 Å². The van der Waals surface area contributed by atoms with Crippen molar-refractivity contribution >= 4 is 0 Å². The van der Waals surface area contributed by atoms with Gasteiger partial charge in [-0.05, 0) is 26.9 Å². The summed E-state index contributed by atoms with van der Waals surface area (Å²) in [4.78, 5) is 14.0. The Balaban J connectivity index is 2.92. The van der Waals surface area contributed by atoms with Crippen LogP contribution in [0.25, 0.3) is 0 Å². The van der Waals surface area contributed by atoms with Crippen LogP contribution < -0.4 is 5.56 Å². The third kappa shape index (κ3) is 2.72. The van der Waals surface area contributed by atoms with E-state index in [0.29, 0.717) is 0 Å². The van der Waals surface area contributed by atoms with Gasteiger partial charge in [-0.2, -0.15) is 0 Å². The predicted molar refractivity (Wildman–Crippen MR) is 62.4 cm³/mol. The molecule has 0 spiro atoms. The maximum absolute atomic E-state index is 12.0. The number of likely N-dealkylation sites (N-methyl/N-ethyl adjacent to an activating group) is 1. The molecule has 4 heteroatoms. The first kappa shape index (κ1) is 12.0. The van der Waals surface area contributed by atoms with E-state index >= 15 is 0 Å². The van der Waals surface area contributed by atoms with Crippen molar-refractivity contribution in [2.75, 3.05) is 20.6 Å². The molecular weight excluding hydrogens is 190 g/mol. The molecule has 0 aromatic carbocycles. The van der Waals surface area contributed by atoms with Gasteiger partial charge in [0.25, 0.3) is 5.56 Å². The SMILES string of the molecule is Cc1[nH]n(CCN(C)C)c(=O)c1C(C)C. The molecular formula is C11H21N3O. The Morgan fingerprint density at radius 3 is 2.40 bits per heavy atom. The minimum Gasteiger partial charge on any atom is -0.308 e. The molecule has 0 radical (unpaired) electrons. The quantitative estimate of drug-likeness (QED) is 0.812. The van der Waals surface area contributed by atoms with Gasteiger partial charge in [0.15, 0.2) is 0 Å². The lowest BCUT2D eigenvalue weighted by Crippen LogP contribution is -2.26. The first-order valence-electron chi connectivity index (χ1n) is 5.37. The van der Waals surface area contributed by atoms with E-state index in [1.165, 1.54) is 0 Å². The van der Waals surface area contributed by atoms with Crippen LogP contribution in [0.5, 0.6) is 0 Å². The monoisotopic (exact) mass is 211 g/mol. The van der Waals surface area contributed by atoms with Crippen molar-refractivity contribution in [2.45, 2.75) is 33.2 Å². The number of aromatic amines is 1. The summed E-state index contributed by atoms with van der Waals surface area (Å²) in [6.45, 7) is 7.65. The summed E-state index contributed by atoms with van der Waals surface area (Å²) in [7, 11) is 4.01. The van der Waals surface area contributed by atoms with Crippen LogP contribution in [0.15, 0.2) is 4.79 Å². The number of hydrogen-bond donors (Lipinski definition) is 1. The van der Waals surface area contributed by atoms with Gasteiger partial charge in [0.2, 0.25) is 0 Å². The van der Waals surface area contributed by atoms with Crippen molar-refractivity contribution in [1.82, 2.24) is 14.7 Å². The number of hydrogen-bond acceptors (Lipinski definition) is 2. The summed E-state index contributed by atoms with van der Waals surface area (Å²) in [6.07, 6.45) is 0. The third-order valence-corrected chi connectivity index (χ3v) is 2.53. The number of nitrogens with zero attached hydrogens (tertiary/aromatic N) is 2. The van der Waals surface area contributed by atoms with E-state index in [9.17, 15) is 4.79 Å². The van der Waals surface area contributed by atoms with E-state index in [1.54, 1.807) is 4.68 Å². The number of aromatic nitrogens is 2. The van der Waals surface area contributed by atoms with E-state index < -0.39 is 0 Å². The molecule has 1 N–H and O–H groups in total. The molecule has 0 aliphatic carbocycles. The Hall–Kier alpha value is -1.03. The Kier molecular flexibility index (Phi) is 3.74. The first-order chi connectivity index (χ1) is 6.93. The molecule has 0 atom stereocenters. The van der Waals surface area contributed by atoms with Crippen LogP contribution in [0, 0.1) is 6.92 Å². The zero-order valence-electron chi connectivity index (χ0n) is 10.3. The molecule has 0 fully saturated rings. The highest BCUT2D eigenvalue weighted by molar-refractivity contribution is 5.19. The molecule has 0 bridgehead atoms. The van der Waals surface area contributed by atoms with Gasteiger partial charge in [-0.25, -0.2) is 0 Å². The van der Waals surface area contributed by atoms with Gasteiger partial charge in [0.05, 0.1) is 6.54 Å². The average molecular weight is 211 g/mol. The highest BCUT2D eigenvalue weighted by atomic mass is 16.1. The molecule has 4 nitrogen and oxygen atoms in total. The molecule has 1 rings (SSSR count). The molecule has 1 heterocycles. The van der Waals surface area contributed by atoms with E-state index in [4.69, 9.17) is 0 Å². The van der Waals surface area contributed by atoms with Crippen LogP contribution in [0.1, 0.15) is 31.0 Å². The summed E-state index contributed by atoms with van der Waals surface area (Å²) in [5.74, 6) is 0.286. The minimum absolute atomic E-state index is 0.129. The number of H-pyrrole nitrogens is 1. The van der Waals surface area contributed by atoms with Gasteiger partial charge >= 0.3 is 0 Å². The van der Waals surface area contributed by atoms with Gasteiger partial charge in [0.1, 0.15) is 0 Å². The fraction of sp³-hybridized carbons (Fsp3) is 0.727. The van der Waals surface area contributed by atoms with Crippen molar-refractivity contribution in [3.8, 4) is 0 Å². The zero-order valence-corrected chi connectivity index (χ0v) is 10.3. The number of aryl methyl sites for hydroxylation is 1. The van der Waals surface area contributed by atoms with Crippen molar-refractivity contribution in [3.63, 3.8) is 0 Å². The molecule has 0 aliphatic rings. The fourth-order valence-corrected chi connectivity index (χ4v) is 1.76. The molecule has 1 aromatic heterocycles. The summed E-state index contributed by atoms with van der Waals surface area (Å²) < 4.78 is 1.70. The second kappa shape index (κ2) is 4.66. The highest BCUT2D eigenvalue weighted by Crippen LogP contribution is 2.12. The smallest absolute Gasteiger partial charge is 0.270 e. The Labute approximate surface area is 90.9 Å². The molecule has 86 valence electrons. The Bertz CT molecular complexity index is 374. The van der Waals surface area contributed by atoms with Crippen molar-refractivity contribution < 1.29 is 0 Å².